The summed E-state index contributed by atoms with van der Waals surface area (Å²) in [5.41, 5.74) is 1.44. The molecule has 0 aliphatic rings. The van der Waals surface area contributed by atoms with Crippen molar-refractivity contribution in [1.29, 1.82) is 0 Å². The molecular weight excluding hydrogens is 346 g/mol. The van der Waals surface area contributed by atoms with Gasteiger partial charge in [-0.15, -0.1) is 0 Å². The van der Waals surface area contributed by atoms with Gasteiger partial charge in [0.05, 0.1) is 19.9 Å². The molecule has 25 heavy (non-hydrogen) atoms. The zero-order valence-electron chi connectivity index (χ0n) is 14.1. The number of ether oxygens (including phenoxy) is 2. The molecule has 0 fully saturated rings. The standard InChI is InChI=1S/C16H19N3O5S/c1-23-11-5-6-15(24-2)12(9-11)13-10-14(19-18-13)16(20)17-7-4-8-25(3,21)22/h4-6,8-10H,7H2,1-3H3,(H,17,20)(H,18,19)/b8-4+. The van der Waals surface area contributed by atoms with E-state index in [1.807, 2.05) is 0 Å². The van der Waals surface area contributed by atoms with E-state index in [1.54, 1.807) is 38.5 Å². The molecule has 0 saturated heterocycles. The van der Waals surface area contributed by atoms with E-state index >= 15 is 0 Å². The summed E-state index contributed by atoms with van der Waals surface area (Å²) in [6.07, 6.45) is 2.43. The molecule has 0 bridgehead atoms. The van der Waals surface area contributed by atoms with Crippen LogP contribution in [0.25, 0.3) is 11.3 Å². The van der Waals surface area contributed by atoms with Crippen LogP contribution in [0.2, 0.25) is 0 Å². The molecule has 0 aliphatic heterocycles. The van der Waals surface area contributed by atoms with E-state index in [0.29, 0.717) is 22.8 Å². The van der Waals surface area contributed by atoms with Crippen LogP contribution in [0, 0.1) is 0 Å². The summed E-state index contributed by atoms with van der Waals surface area (Å²) in [6, 6.07) is 6.84. The molecule has 8 nitrogen and oxygen atoms in total. The highest BCUT2D eigenvalue weighted by atomic mass is 32.2. The lowest BCUT2D eigenvalue weighted by atomic mass is 10.1. The van der Waals surface area contributed by atoms with Crippen molar-refractivity contribution in [1.82, 2.24) is 15.5 Å². The zero-order valence-corrected chi connectivity index (χ0v) is 14.9. The van der Waals surface area contributed by atoms with E-state index in [2.05, 4.69) is 15.5 Å². The predicted octanol–water partition coefficient (Wildman–Crippen LogP) is 1.38. The Bertz CT molecular complexity index is 887. The first-order valence-electron chi connectivity index (χ1n) is 7.26. The molecule has 0 aliphatic carbocycles. The minimum absolute atomic E-state index is 0.0860. The van der Waals surface area contributed by atoms with Crippen molar-refractivity contribution in [2.75, 3.05) is 27.0 Å². The third-order valence-corrected chi connectivity index (χ3v) is 3.92. The molecule has 1 aromatic heterocycles. The number of aromatic amines is 1. The number of methoxy groups -OCH3 is 2. The Morgan fingerprint density at radius 3 is 2.68 bits per heavy atom. The average Bonchev–Trinajstić information content (AvgIpc) is 3.07. The molecule has 0 spiro atoms. The normalized spacial score (nSPS) is 11.5. The van der Waals surface area contributed by atoms with Gasteiger partial charge in [-0.05, 0) is 24.3 Å². The first-order valence-corrected chi connectivity index (χ1v) is 9.22. The Morgan fingerprint density at radius 1 is 1.28 bits per heavy atom. The minimum Gasteiger partial charge on any atom is -0.497 e. The molecule has 0 radical (unpaired) electrons. The van der Waals surface area contributed by atoms with Crippen LogP contribution >= 0.6 is 0 Å². The molecule has 1 heterocycles. The van der Waals surface area contributed by atoms with Gasteiger partial charge in [-0.2, -0.15) is 5.10 Å². The fraction of sp³-hybridized carbons (Fsp3) is 0.250. The van der Waals surface area contributed by atoms with Crippen LogP contribution in [-0.2, 0) is 9.84 Å². The summed E-state index contributed by atoms with van der Waals surface area (Å²) >= 11 is 0. The van der Waals surface area contributed by atoms with Crippen molar-refractivity contribution in [3.8, 4) is 22.8 Å². The number of rotatable bonds is 7. The number of hydrogen-bond acceptors (Lipinski definition) is 6. The highest BCUT2D eigenvalue weighted by molar-refractivity contribution is 7.93. The second-order valence-corrected chi connectivity index (χ2v) is 7.08. The van der Waals surface area contributed by atoms with Gasteiger partial charge in [0.1, 0.15) is 17.2 Å². The molecule has 1 amide bonds. The van der Waals surface area contributed by atoms with E-state index in [-0.39, 0.29) is 12.2 Å². The quantitative estimate of drug-likeness (QED) is 0.767. The van der Waals surface area contributed by atoms with Crippen LogP contribution in [0.5, 0.6) is 11.5 Å². The van der Waals surface area contributed by atoms with Gasteiger partial charge >= 0.3 is 0 Å². The maximum Gasteiger partial charge on any atom is 0.269 e. The number of nitrogens with one attached hydrogen (secondary N) is 2. The fourth-order valence-electron chi connectivity index (χ4n) is 2.06. The topological polar surface area (TPSA) is 110 Å². The molecule has 2 N–H and O–H groups in total. The summed E-state index contributed by atoms with van der Waals surface area (Å²) in [6.45, 7) is 0.0860. The molecule has 0 atom stereocenters. The number of aromatic nitrogens is 2. The predicted molar refractivity (Wildman–Crippen MR) is 93.4 cm³/mol. The molecular formula is C16H19N3O5S. The number of sulfone groups is 1. The summed E-state index contributed by atoms with van der Waals surface area (Å²) < 4.78 is 32.5. The zero-order chi connectivity index (χ0) is 18.4. The van der Waals surface area contributed by atoms with Gasteiger partial charge in [-0.25, -0.2) is 8.42 Å². The van der Waals surface area contributed by atoms with Gasteiger partial charge < -0.3 is 14.8 Å². The summed E-state index contributed by atoms with van der Waals surface area (Å²) in [7, 11) is -0.115. The van der Waals surface area contributed by atoms with Gasteiger partial charge in [0.25, 0.3) is 5.91 Å². The van der Waals surface area contributed by atoms with Gasteiger partial charge in [0, 0.05) is 23.8 Å². The summed E-state index contributed by atoms with van der Waals surface area (Å²) in [4.78, 5) is 12.1. The highest BCUT2D eigenvalue weighted by Crippen LogP contribution is 2.32. The average molecular weight is 365 g/mol. The number of carbonyl (C=O) groups is 1. The largest absolute Gasteiger partial charge is 0.497 e. The van der Waals surface area contributed by atoms with Crippen LogP contribution in [-0.4, -0.2) is 51.5 Å². The van der Waals surface area contributed by atoms with Gasteiger partial charge in [-0.3, -0.25) is 9.89 Å². The molecule has 2 rings (SSSR count). The van der Waals surface area contributed by atoms with Crippen molar-refractivity contribution >= 4 is 15.7 Å². The van der Waals surface area contributed by atoms with Gasteiger partial charge in [0.2, 0.25) is 0 Å². The second kappa shape index (κ2) is 7.84. The number of hydrogen-bond donors (Lipinski definition) is 2. The third kappa shape index (κ3) is 5.08. The second-order valence-electron chi connectivity index (χ2n) is 5.14. The molecule has 1 aromatic carbocycles. The Kier molecular flexibility index (Phi) is 5.81. The lowest BCUT2D eigenvalue weighted by molar-refractivity contribution is 0.0953. The Morgan fingerprint density at radius 2 is 2.04 bits per heavy atom. The molecule has 134 valence electrons. The van der Waals surface area contributed by atoms with E-state index in [1.165, 1.54) is 6.08 Å². The maximum atomic E-state index is 12.1. The first-order chi connectivity index (χ1) is 11.8. The number of amides is 1. The number of benzene rings is 1. The van der Waals surface area contributed by atoms with Crippen LogP contribution in [0.4, 0.5) is 0 Å². The Balaban J connectivity index is 2.14. The van der Waals surface area contributed by atoms with Crippen molar-refractivity contribution in [3.63, 3.8) is 0 Å². The molecule has 0 unspecified atom stereocenters. The van der Waals surface area contributed by atoms with Crippen LogP contribution < -0.4 is 14.8 Å². The SMILES string of the molecule is COc1ccc(OC)c(-c2cc(C(=O)NC/C=C/S(C)(=O)=O)[nH]n2)c1. The Labute approximate surface area is 145 Å². The highest BCUT2D eigenvalue weighted by Gasteiger charge is 2.14. The van der Waals surface area contributed by atoms with Crippen LogP contribution in [0.3, 0.4) is 0 Å². The van der Waals surface area contributed by atoms with E-state index in [4.69, 9.17) is 9.47 Å². The Hall–Kier alpha value is -2.81. The monoisotopic (exact) mass is 365 g/mol. The maximum absolute atomic E-state index is 12.1. The lowest BCUT2D eigenvalue weighted by Gasteiger charge is -2.08. The van der Waals surface area contributed by atoms with Crippen molar-refractivity contribution in [2.24, 2.45) is 0 Å². The van der Waals surface area contributed by atoms with Crippen molar-refractivity contribution in [3.05, 3.63) is 41.4 Å². The van der Waals surface area contributed by atoms with Crippen LogP contribution in [0.15, 0.2) is 35.7 Å². The minimum atomic E-state index is -3.21. The van der Waals surface area contributed by atoms with Gasteiger partial charge in [-0.1, -0.05) is 6.08 Å². The van der Waals surface area contributed by atoms with Crippen LogP contribution in [0.1, 0.15) is 10.5 Å². The molecule has 2 aromatic rings. The van der Waals surface area contributed by atoms with Crippen molar-refractivity contribution in [2.45, 2.75) is 0 Å². The fourth-order valence-corrected chi connectivity index (χ4v) is 2.51. The number of carbonyl (C=O) groups excluding carboxylic acids is 1. The number of nitrogens with zero attached hydrogens (tertiary/aromatic N) is 1. The van der Waals surface area contributed by atoms with E-state index in [9.17, 15) is 13.2 Å². The summed E-state index contributed by atoms with van der Waals surface area (Å²) in [5.74, 6) is 0.824. The summed E-state index contributed by atoms with van der Waals surface area (Å²) in [5, 5.41) is 10.4. The molecule has 0 saturated carbocycles. The lowest BCUT2D eigenvalue weighted by Crippen LogP contribution is -2.23. The van der Waals surface area contributed by atoms with Crippen molar-refractivity contribution < 1.29 is 22.7 Å². The smallest absolute Gasteiger partial charge is 0.269 e. The third-order valence-electron chi connectivity index (χ3n) is 3.23. The number of H-pyrrole nitrogens is 1. The van der Waals surface area contributed by atoms with E-state index < -0.39 is 15.7 Å². The molecule has 9 heteroatoms. The van der Waals surface area contributed by atoms with Gasteiger partial charge in [0.15, 0.2) is 9.84 Å². The van der Waals surface area contributed by atoms with E-state index in [0.717, 1.165) is 11.7 Å². The first kappa shape index (κ1) is 18.5.